The Bertz CT molecular complexity index is 1210. The smallest absolute Gasteiger partial charge is 0.418 e. The van der Waals surface area contributed by atoms with Gasteiger partial charge in [-0.15, -0.1) is 0 Å². The van der Waals surface area contributed by atoms with Gasteiger partial charge in [0.15, 0.2) is 5.69 Å². The predicted octanol–water partition coefficient (Wildman–Crippen LogP) is 3.87. The first kappa shape index (κ1) is 23.4. The molecule has 34 heavy (non-hydrogen) atoms. The lowest BCUT2D eigenvalue weighted by molar-refractivity contribution is -0.137. The zero-order valence-electron chi connectivity index (χ0n) is 17.4. The minimum absolute atomic E-state index is 0.125. The van der Waals surface area contributed by atoms with Crippen LogP contribution in [-0.4, -0.2) is 35.6 Å². The van der Waals surface area contributed by atoms with Crippen molar-refractivity contribution in [2.75, 3.05) is 30.7 Å². The Balaban J connectivity index is 1.71. The highest BCUT2D eigenvalue weighted by Crippen LogP contribution is 2.39. The number of carbonyl (C=O) groups is 1. The average Bonchev–Trinajstić information content (AvgIpc) is 2.73. The minimum Gasteiger partial charge on any atom is -0.491 e. The van der Waals surface area contributed by atoms with Crippen molar-refractivity contribution in [1.82, 2.24) is 15.3 Å². The number of rotatable bonds is 6. The summed E-state index contributed by atoms with van der Waals surface area (Å²) in [6.07, 6.45) is -2.32. The summed E-state index contributed by atoms with van der Waals surface area (Å²) in [5.41, 5.74) is 0.940. The number of hydrogen-bond acceptors (Lipinski definition) is 6. The van der Waals surface area contributed by atoms with Crippen LogP contribution in [0.25, 0.3) is 11.3 Å². The number of amides is 1. The molecule has 1 fully saturated rings. The molecule has 1 amide bonds. The number of hydrogen-bond donors (Lipinski definition) is 3. The first-order valence-corrected chi connectivity index (χ1v) is 10.1. The van der Waals surface area contributed by atoms with Gasteiger partial charge in [0.2, 0.25) is 0 Å². The van der Waals surface area contributed by atoms with Crippen LogP contribution in [0, 0.1) is 17.6 Å². The van der Waals surface area contributed by atoms with E-state index in [0.717, 1.165) is 31.3 Å². The monoisotopic (exact) mass is 479 g/mol. The van der Waals surface area contributed by atoms with Crippen molar-refractivity contribution in [3.63, 3.8) is 0 Å². The van der Waals surface area contributed by atoms with E-state index in [4.69, 9.17) is 10.5 Å². The Morgan fingerprint density at radius 2 is 1.91 bits per heavy atom. The summed E-state index contributed by atoms with van der Waals surface area (Å²) in [6, 6.07) is 4.50. The van der Waals surface area contributed by atoms with Crippen molar-refractivity contribution in [3.05, 3.63) is 65.6 Å². The Kier molecular flexibility index (Phi) is 6.33. The molecule has 1 saturated heterocycles. The van der Waals surface area contributed by atoms with Gasteiger partial charge in [-0.05, 0) is 18.2 Å². The lowest BCUT2D eigenvalue weighted by Gasteiger charge is -2.27. The highest BCUT2D eigenvalue weighted by molar-refractivity contribution is 6.07. The van der Waals surface area contributed by atoms with E-state index in [1.165, 1.54) is 18.5 Å². The third kappa shape index (κ3) is 4.76. The Morgan fingerprint density at radius 1 is 1.21 bits per heavy atom. The van der Waals surface area contributed by atoms with Gasteiger partial charge in [0.1, 0.15) is 23.1 Å². The number of nitrogen functional groups attached to an aromatic ring is 1. The van der Waals surface area contributed by atoms with E-state index in [1.807, 2.05) is 0 Å². The molecule has 0 saturated carbocycles. The topological polar surface area (TPSA) is 102 Å². The summed E-state index contributed by atoms with van der Waals surface area (Å²) in [4.78, 5) is 20.4. The molecule has 7 nitrogen and oxygen atoms in total. The maximum absolute atomic E-state index is 14.3. The van der Waals surface area contributed by atoms with Crippen LogP contribution in [0.15, 0.2) is 42.7 Å². The van der Waals surface area contributed by atoms with Crippen LogP contribution in [0.1, 0.15) is 16.1 Å². The van der Waals surface area contributed by atoms with Crippen molar-refractivity contribution in [2.24, 2.45) is 5.92 Å². The largest absolute Gasteiger partial charge is 0.491 e. The van der Waals surface area contributed by atoms with Crippen LogP contribution in [0.4, 0.5) is 33.3 Å². The number of alkyl halides is 3. The molecule has 4 N–H and O–H groups in total. The molecule has 0 aliphatic carbocycles. The Labute approximate surface area is 190 Å². The van der Waals surface area contributed by atoms with Crippen molar-refractivity contribution in [1.29, 1.82) is 0 Å². The highest BCUT2D eigenvalue weighted by atomic mass is 19.4. The second-order valence-electron chi connectivity index (χ2n) is 7.58. The van der Waals surface area contributed by atoms with E-state index < -0.39 is 51.9 Å². The third-order valence-electron chi connectivity index (χ3n) is 5.14. The van der Waals surface area contributed by atoms with E-state index in [-0.39, 0.29) is 11.4 Å². The first-order chi connectivity index (χ1) is 16.1. The normalized spacial score (nSPS) is 13.9. The van der Waals surface area contributed by atoms with Crippen molar-refractivity contribution in [2.45, 2.75) is 6.18 Å². The fraction of sp³-hybridized carbons (Fsp3) is 0.227. The SMILES string of the molecule is Nc1cc(C(F)(F)F)c(-c2c(F)cccc2F)nc1C(=O)Nc1cnccc1OCC1CNC1. The molecule has 3 heterocycles. The van der Waals surface area contributed by atoms with Crippen LogP contribution in [-0.2, 0) is 6.18 Å². The first-order valence-electron chi connectivity index (χ1n) is 10.1. The van der Waals surface area contributed by atoms with Gasteiger partial charge in [0, 0.05) is 31.3 Å². The summed E-state index contributed by atoms with van der Waals surface area (Å²) in [6.45, 7) is 1.94. The molecule has 2 aromatic heterocycles. The van der Waals surface area contributed by atoms with Crippen LogP contribution < -0.4 is 21.1 Å². The maximum atomic E-state index is 14.3. The summed E-state index contributed by atoms with van der Waals surface area (Å²) in [5.74, 6) is -2.99. The zero-order valence-corrected chi connectivity index (χ0v) is 17.4. The molecule has 0 unspecified atom stereocenters. The van der Waals surface area contributed by atoms with Gasteiger partial charge in [-0.1, -0.05) is 6.07 Å². The number of pyridine rings is 2. The minimum atomic E-state index is -5.04. The number of nitrogens with one attached hydrogen (secondary N) is 2. The molecule has 12 heteroatoms. The van der Waals surface area contributed by atoms with Gasteiger partial charge in [-0.3, -0.25) is 9.78 Å². The third-order valence-corrected chi connectivity index (χ3v) is 5.14. The lowest BCUT2D eigenvalue weighted by atomic mass is 10.0. The number of halogens is 5. The van der Waals surface area contributed by atoms with E-state index in [2.05, 4.69) is 20.6 Å². The van der Waals surface area contributed by atoms with Crippen LogP contribution >= 0.6 is 0 Å². The number of anilines is 2. The van der Waals surface area contributed by atoms with Gasteiger partial charge in [0.05, 0.1) is 35.3 Å². The molecular formula is C22H18F5N5O2. The van der Waals surface area contributed by atoms with Crippen molar-refractivity contribution < 1.29 is 31.5 Å². The van der Waals surface area contributed by atoms with E-state index >= 15 is 0 Å². The Morgan fingerprint density at radius 3 is 2.53 bits per heavy atom. The molecule has 0 atom stereocenters. The molecule has 1 aliphatic rings. The number of benzene rings is 1. The number of ether oxygens (including phenoxy) is 1. The second-order valence-corrected chi connectivity index (χ2v) is 7.58. The summed E-state index contributed by atoms with van der Waals surface area (Å²) < 4.78 is 75.2. The van der Waals surface area contributed by atoms with Gasteiger partial charge < -0.3 is 21.1 Å². The molecule has 0 radical (unpaired) electrons. The van der Waals surface area contributed by atoms with E-state index in [0.29, 0.717) is 18.6 Å². The molecular weight excluding hydrogens is 461 g/mol. The van der Waals surface area contributed by atoms with Crippen molar-refractivity contribution >= 4 is 17.3 Å². The quantitative estimate of drug-likeness (QED) is 0.464. The fourth-order valence-electron chi connectivity index (χ4n) is 3.30. The molecule has 0 spiro atoms. The maximum Gasteiger partial charge on any atom is 0.418 e. The standard InChI is InChI=1S/C22H18F5N5O2/c23-13-2-1-3-14(24)18(13)19-12(22(25,26)27)6-15(28)20(32-19)21(33)31-16-9-29-5-4-17(16)34-10-11-7-30-8-11/h1-6,9,11,30H,7-8,10,28H2,(H,31,33). The highest BCUT2D eigenvalue weighted by Gasteiger charge is 2.37. The van der Waals surface area contributed by atoms with Crippen LogP contribution in [0.3, 0.4) is 0 Å². The summed E-state index contributed by atoms with van der Waals surface area (Å²) in [5, 5.41) is 5.54. The van der Waals surface area contributed by atoms with Crippen LogP contribution in [0.2, 0.25) is 0 Å². The average molecular weight is 479 g/mol. The van der Waals surface area contributed by atoms with Gasteiger partial charge in [-0.2, -0.15) is 13.2 Å². The molecule has 1 aromatic carbocycles. The lowest BCUT2D eigenvalue weighted by Crippen LogP contribution is -2.45. The molecule has 178 valence electrons. The van der Waals surface area contributed by atoms with E-state index in [1.54, 1.807) is 0 Å². The van der Waals surface area contributed by atoms with Gasteiger partial charge >= 0.3 is 6.18 Å². The van der Waals surface area contributed by atoms with E-state index in [9.17, 15) is 26.7 Å². The van der Waals surface area contributed by atoms with Crippen LogP contribution in [0.5, 0.6) is 5.75 Å². The number of nitrogens with two attached hydrogens (primary N) is 1. The number of carbonyl (C=O) groups excluding carboxylic acids is 1. The molecule has 4 rings (SSSR count). The fourth-order valence-corrected chi connectivity index (χ4v) is 3.30. The second kappa shape index (κ2) is 9.21. The molecule has 3 aromatic rings. The van der Waals surface area contributed by atoms with Gasteiger partial charge in [-0.25, -0.2) is 13.8 Å². The van der Waals surface area contributed by atoms with Crippen molar-refractivity contribution in [3.8, 4) is 17.0 Å². The zero-order chi connectivity index (χ0) is 24.5. The Hall–Kier alpha value is -3.80. The molecule has 0 bridgehead atoms. The predicted molar refractivity (Wildman–Crippen MR) is 113 cm³/mol. The summed E-state index contributed by atoms with van der Waals surface area (Å²) in [7, 11) is 0. The van der Waals surface area contributed by atoms with Gasteiger partial charge in [0.25, 0.3) is 5.91 Å². The molecule has 1 aliphatic heterocycles. The number of nitrogens with zero attached hydrogens (tertiary/aromatic N) is 2. The summed E-state index contributed by atoms with van der Waals surface area (Å²) >= 11 is 0. The number of aromatic nitrogens is 2.